The second kappa shape index (κ2) is 4.18. The topological polar surface area (TPSA) is 110 Å². The molecule has 0 rings (SSSR count). The van der Waals surface area contributed by atoms with E-state index in [2.05, 4.69) is 0 Å². The van der Waals surface area contributed by atoms with E-state index >= 15 is 0 Å². The Balaban J connectivity index is 3.87. The van der Waals surface area contributed by atoms with E-state index in [0.717, 1.165) is 0 Å². The van der Waals surface area contributed by atoms with Crippen LogP contribution in [0, 0.1) is 0 Å². The van der Waals surface area contributed by atoms with Gasteiger partial charge in [-0.25, -0.2) is 0 Å². The van der Waals surface area contributed by atoms with Gasteiger partial charge in [-0.3, -0.25) is 4.57 Å². The maximum atomic E-state index is 10.4. The molecule has 2 atom stereocenters. The predicted octanol–water partition coefficient (Wildman–Crippen LogP) is -0.771. The minimum absolute atomic E-state index is 0.331. The average Bonchev–Trinajstić information content (AvgIpc) is 1.82. The van der Waals surface area contributed by atoms with Gasteiger partial charge < -0.3 is 21.3 Å². The SMILES string of the molecule is CCC(N)C(N)CP(=O)(O)O. The van der Waals surface area contributed by atoms with Crippen LogP contribution in [0.3, 0.4) is 0 Å². The third-order valence-corrected chi connectivity index (χ3v) is 2.37. The fraction of sp³-hybridized carbons (Fsp3) is 1.00. The Kier molecular flexibility index (Phi) is 4.21. The van der Waals surface area contributed by atoms with Gasteiger partial charge in [0, 0.05) is 12.1 Å². The second-order valence-corrected chi connectivity index (χ2v) is 4.28. The molecule has 0 spiro atoms. The Bertz CT molecular complexity index is 158. The third kappa shape index (κ3) is 5.35. The Morgan fingerprint density at radius 1 is 1.36 bits per heavy atom. The minimum atomic E-state index is -3.99. The highest BCUT2D eigenvalue weighted by molar-refractivity contribution is 7.51. The molecule has 0 heterocycles. The largest absolute Gasteiger partial charge is 0.327 e. The number of rotatable bonds is 4. The van der Waals surface area contributed by atoms with Crippen molar-refractivity contribution in [3.8, 4) is 0 Å². The standard InChI is InChI=1S/C5H15N2O3P/c1-2-4(6)5(7)3-11(8,9)10/h4-5H,2-3,6-7H2,1H3,(H2,8,9,10). The van der Waals surface area contributed by atoms with Gasteiger partial charge in [-0.2, -0.15) is 0 Å². The summed E-state index contributed by atoms with van der Waals surface area (Å²) in [7, 11) is -3.99. The minimum Gasteiger partial charge on any atom is -0.326 e. The quantitative estimate of drug-likeness (QED) is 0.427. The molecule has 0 fully saturated rings. The molecule has 0 saturated heterocycles. The highest BCUT2D eigenvalue weighted by Crippen LogP contribution is 2.34. The highest BCUT2D eigenvalue weighted by Gasteiger charge is 2.21. The van der Waals surface area contributed by atoms with Crippen molar-refractivity contribution in [3.05, 3.63) is 0 Å². The van der Waals surface area contributed by atoms with Gasteiger partial charge in [-0.15, -0.1) is 0 Å². The lowest BCUT2D eigenvalue weighted by Gasteiger charge is -2.18. The first-order valence-corrected chi connectivity index (χ1v) is 5.22. The molecule has 0 aromatic heterocycles. The molecule has 11 heavy (non-hydrogen) atoms. The van der Waals surface area contributed by atoms with E-state index in [1.807, 2.05) is 6.92 Å². The molecule has 0 radical (unpaired) electrons. The van der Waals surface area contributed by atoms with Crippen LogP contribution in [0.4, 0.5) is 0 Å². The van der Waals surface area contributed by atoms with Crippen molar-refractivity contribution in [2.75, 3.05) is 6.16 Å². The molecule has 0 aliphatic heterocycles. The summed E-state index contributed by atoms with van der Waals surface area (Å²) in [5, 5.41) is 0. The fourth-order valence-electron chi connectivity index (χ4n) is 0.713. The molecule has 0 aromatic carbocycles. The Morgan fingerprint density at radius 2 is 1.82 bits per heavy atom. The first kappa shape index (κ1) is 11.1. The van der Waals surface area contributed by atoms with Gasteiger partial charge in [0.15, 0.2) is 0 Å². The summed E-state index contributed by atoms with van der Waals surface area (Å²) in [6.07, 6.45) is 0.295. The van der Waals surface area contributed by atoms with E-state index in [4.69, 9.17) is 21.3 Å². The summed E-state index contributed by atoms with van der Waals surface area (Å²) in [4.78, 5) is 17.0. The van der Waals surface area contributed by atoms with Crippen LogP contribution in [0.2, 0.25) is 0 Å². The van der Waals surface area contributed by atoms with E-state index in [1.54, 1.807) is 0 Å². The summed E-state index contributed by atoms with van der Waals surface area (Å²) in [6, 6.07) is -0.941. The van der Waals surface area contributed by atoms with Crippen molar-refractivity contribution in [1.29, 1.82) is 0 Å². The molecule has 0 saturated carbocycles. The van der Waals surface area contributed by atoms with Crippen LogP contribution in [0.15, 0.2) is 0 Å². The molecule has 68 valence electrons. The van der Waals surface area contributed by atoms with Gasteiger partial charge in [0.25, 0.3) is 0 Å². The molecule has 2 unspecified atom stereocenters. The smallest absolute Gasteiger partial charge is 0.326 e. The number of nitrogens with two attached hydrogens (primary N) is 2. The zero-order valence-electron chi connectivity index (χ0n) is 6.47. The molecule has 0 amide bonds. The molecule has 0 bridgehead atoms. The van der Waals surface area contributed by atoms with Gasteiger partial charge in [0.05, 0.1) is 6.16 Å². The van der Waals surface area contributed by atoms with Crippen LogP contribution in [0.5, 0.6) is 0 Å². The predicted molar refractivity (Wildman–Crippen MR) is 43.2 cm³/mol. The Labute approximate surface area is 65.9 Å². The molecule has 0 aliphatic rings. The van der Waals surface area contributed by atoms with Crippen molar-refractivity contribution < 1.29 is 14.4 Å². The Morgan fingerprint density at radius 3 is 2.09 bits per heavy atom. The summed E-state index contributed by atoms with van der Waals surface area (Å²) in [5.41, 5.74) is 10.9. The van der Waals surface area contributed by atoms with Crippen molar-refractivity contribution in [2.24, 2.45) is 11.5 Å². The molecular weight excluding hydrogens is 167 g/mol. The normalized spacial score (nSPS) is 17.9. The number of hydrogen-bond donors (Lipinski definition) is 4. The lowest BCUT2D eigenvalue weighted by molar-refractivity contribution is 0.363. The van der Waals surface area contributed by atoms with Crippen molar-refractivity contribution in [2.45, 2.75) is 25.4 Å². The molecule has 6 N–H and O–H groups in total. The van der Waals surface area contributed by atoms with Gasteiger partial charge in [-0.1, -0.05) is 6.92 Å². The van der Waals surface area contributed by atoms with Crippen LogP contribution < -0.4 is 11.5 Å². The lowest BCUT2D eigenvalue weighted by Crippen LogP contribution is -2.43. The fourth-order valence-corrected chi connectivity index (χ4v) is 1.53. The zero-order valence-corrected chi connectivity index (χ0v) is 7.37. The van der Waals surface area contributed by atoms with Crippen LogP contribution in [-0.4, -0.2) is 28.0 Å². The first-order chi connectivity index (χ1) is 4.87. The molecule has 0 aromatic rings. The van der Waals surface area contributed by atoms with Crippen LogP contribution >= 0.6 is 7.60 Å². The van der Waals surface area contributed by atoms with Crippen molar-refractivity contribution in [3.63, 3.8) is 0 Å². The van der Waals surface area contributed by atoms with Crippen molar-refractivity contribution in [1.82, 2.24) is 0 Å². The first-order valence-electron chi connectivity index (χ1n) is 3.42. The van der Waals surface area contributed by atoms with Gasteiger partial charge in [0.1, 0.15) is 0 Å². The molecular formula is C5H15N2O3P. The van der Waals surface area contributed by atoms with Gasteiger partial charge in [0.2, 0.25) is 0 Å². The van der Waals surface area contributed by atoms with E-state index in [1.165, 1.54) is 0 Å². The number of hydrogen-bond acceptors (Lipinski definition) is 3. The summed E-state index contributed by atoms with van der Waals surface area (Å²) in [5.74, 6) is 0. The van der Waals surface area contributed by atoms with Crippen LogP contribution in [0.25, 0.3) is 0 Å². The maximum Gasteiger partial charge on any atom is 0.327 e. The highest BCUT2D eigenvalue weighted by atomic mass is 31.2. The van der Waals surface area contributed by atoms with E-state index in [0.29, 0.717) is 6.42 Å². The maximum absolute atomic E-state index is 10.4. The van der Waals surface area contributed by atoms with E-state index in [9.17, 15) is 4.57 Å². The molecule has 0 aliphatic carbocycles. The van der Waals surface area contributed by atoms with Gasteiger partial charge >= 0.3 is 7.60 Å². The third-order valence-electron chi connectivity index (χ3n) is 1.47. The zero-order chi connectivity index (χ0) is 9.07. The lowest BCUT2D eigenvalue weighted by atomic mass is 10.1. The molecule has 6 heteroatoms. The molecule has 5 nitrogen and oxygen atoms in total. The summed E-state index contributed by atoms with van der Waals surface area (Å²) < 4.78 is 10.4. The Hall–Kier alpha value is 0.0700. The van der Waals surface area contributed by atoms with Crippen LogP contribution in [0.1, 0.15) is 13.3 Å². The van der Waals surface area contributed by atoms with E-state index in [-0.39, 0.29) is 12.2 Å². The second-order valence-electron chi connectivity index (χ2n) is 2.58. The monoisotopic (exact) mass is 182 g/mol. The average molecular weight is 182 g/mol. The van der Waals surface area contributed by atoms with Gasteiger partial charge in [-0.05, 0) is 6.42 Å². The summed E-state index contributed by atoms with van der Waals surface area (Å²) in [6.45, 7) is 1.82. The van der Waals surface area contributed by atoms with Crippen LogP contribution in [-0.2, 0) is 4.57 Å². The van der Waals surface area contributed by atoms with Crippen molar-refractivity contribution >= 4 is 7.60 Å². The summed E-state index contributed by atoms with van der Waals surface area (Å²) >= 11 is 0. The van der Waals surface area contributed by atoms with E-state index < -0.39 is 13.6 Å².